The van der Waals surface area contributed by atoms with E-state index >= 15 is 0 Å². The molecule has 112 valence electrons. The minimum absolute atomic E-state index is 0.666. The Balaban J connectivity index is 1.59. The van der Waals surface area contributed by atoms with Gasteiger partial charge in [-0.05, 0) is 50.3 Å². The fourth-order valence-electron chi connectivity index (χ4n) is 3.36. The van der Waals surface area contributed by atoms with Crippen LogP contribution in [0.15, 0.2) is 48.6 Å². The zero-order valence-electron chi connectivity index (χ0n) is 12.8. The van der Waals surface area contributed by atoms with E-state index < -0.39 is 5.60 Å². The lowest BCUT2D eigenvalue weighted by atomic mass is 9.87. The van der Waals surface area contributed by atoms with Gasteiger partial charge in [0.25, 0.3) is 0 Å². The molecule has 21 heavy (non-hydrogen) atoms. The lowest BCUT2D eigenvalue weighted by Crippen LogP contribution is -2.35. The molecule has 1 unspecified atom stereocenters. The van der Waals surface area contributed by atoms with Crippen LogP contribution in [0, 0.1) is 0 Å². The van der Waals surface area contributed by atoms with Gasteiger partial charge >= 0.3 is 0 Å². The van der Waals surface area contributed by atoms with Crippen LogP contribution in [0.25, 0.3) is 5.57 Å². The van der Waals surface area contributed by atoms with Crippen LogP contribution in [0.3, 0.4) is 0 Å². The van der Waals surface area contributed by atoms with Crippen LogP contribution in [-0.2, 0) is 0 Å². The molecule has 1 aromatic rings. The Morgan fingerprint density at radius 2 is 2.10 bits per heavy atom. The second-order valence-electron chi connectivity index (χ2n) is 6.44. The first-order chi connectivity index (χ1) is 10.2. The van der Waals surface area contributed by atoms with Crippen molar-refractivity contribution in [2.24, 2.45) is 0 Å². The van der Waals surface area contributed by atoms with Crippen molar-refractivity contribution in [3.05, 3.63) is 54.1 Å². The van der Waals surface area contributed by atoms with Gasteiger partial charge in [0, 0.05) is 12.6 Å². The molecule has 2 nitrogen and oxygen atoms in total. The number of hydrogen-bond donors (Lipinski definition) is 1. The molecule has 0 saturated carbocycles. The summed E-state index contributed by atoms with van der Waals surface area (Å²) in [7, 11) is 0. The van der Waals surface area contributed by atoms with E-state index in [0.29, 0.717) is 6.04 Å². The SMILES string of the molecule is C[C@@H]1CCCN1CCC1(O)C=CC(c2ccccc2)=CC1. The highest BCUT2D eigenvalue weighted by Crippen LogP contribution is 2.30. The molecule has 2 atom stereocenters. The zero-order chi connectivity index (χ0) is 14.7. The maximum atomic E-state index is 10.7. The summed E-state index contributed by atoms with van der Waals surface area (Å²) in [6, 6.07) is 11.1. The molecule has 3 rings (SSSR count). The van der Waals surface area contributed by atoms with E-state index in [9.17, 15) is 5.11 Å². The third-order valence-corrected chi connectivity index (χ3v) is 4.88. The monoisotopic (exact) mass is 283 g/mol. The fraction of sp³-hybridized carbons (Fsp3) is 0.474. The first-order valence-electron chi connectivity index (χ1n) is 8.08. The van der Waals surface area contributed by atoms with Gasteiger partial charge in [-0.3, -0.25) is 0 Å². The van der Waals surface area contributed by atoms with Gasteiger partial charge in [-0.25, -0.2) is 0 Å². The Labute approximate surface area is 127 Å². The van der Waals surface area contributed by atoms with Gasteiger partial charge in [0.05, 0.1) is 5.60 Å². The zero-order valence-corrected chi connectivity index (χ0v) is 12.8. The van der Waals surface area contributed by atoms with E-state index in [4.69, 9.17) is 0 Å². The summed E-state index contributed by atoms with van der Waals surface area (Å²) >= 11 is 0. The van der Waals surface area contributed by atoms with Crippen molar-refractivity contribution in [1.29, 1.82) is 0 Å². The second kappa shape index (κ2) is 6.17. The summed E-state index contributed by atoms with van der Waals surface area (Å²) in [5.41, 5.74) is 1.78. The summed E-state index contributed by atoms with van der Waals surface area (Å²) in [5, 5.41) is 10.7. The number of aliphatic hydroxyl groups is 1. The lowest BCUT2D eigenvalue weighted by molar-refractivity contribution is 0.0685. The maximum absolute atomic E-state index is 10.7. The Morgan fingerprint density at radius 1 is 1.29 bits per heavy atom. The highest BCUT2D eigenvalue weighted by molar-refractivity contribution is 5.75. The molecule has 1 heterocycles. The van der Waals surface area contributed by atoms with Crippen molar-refractivity contribution >= 4 is 5.57 Å². The molecule has 2 heteroatoms. The molecule has 0 spiro atoms. The van der Waals surface area contributed by atoms with E-state index in [0.717, 1.165) is 19.4 Å². The molecule has 1 aliphatic heterocycles. The van der Waals surface area contributed by atoms with E-state index in [2.05, 4.69) is 48.2 Å². The molecule has 2 aliphatic rings. The van der Waals surface area contributed by atoms with Crippen LogP contribution < -0.4 is 0 Å². The van der Waals surface area contributed by atoms with Gasteiger partial charge in [-0.1, -0.05) is 48.6 Å². The van der Waals surface area contributed by atoms with E-state index in [1.807, 2.05) is 12.1 Å². The summed E-state index contributed by atoms with van der Waals surface area (Å²) < 4.78 is 0. The lowest BCUT2D eigenvalue weighted by Gasteiger charge is -2.30. The van der Waals surface area contributed by atoms with Gasteiger partial charge in [-0.2, -0.15) is 0 Å². The summed E-state index contributed by atoms with van der Waals surface area (Å²) in [6.07, 6.45) is 10.4. The average Bonchev–Trinajstić information content (AvgIpc) is 2.92. The quantitative estimate of drug-likeness (QED) is 0.912. The normalized spacial score (nSPS) is 29.6. The average molecular weight is 283 g/mol. The molecular formula is C19H25NO. The molecule has 1 saturated heterocycles. The number of hydrogen-bond acceptors (Lipinski definition) is 2. The largest absolute Gasteiger partial charge is 0.385 e. The molecule has 0 radical (unpaired) electrons. The van der Waals surface area contributed by atoms with E-state index in [-0.39, 0.29) is 0 Å². The number of allylic oxidation sites excluding steroid dienone is 2. The van der Waals surface area contributed by atoms with Crippen molar-refractivity contribution in [3.63, 3.8) is 0 Å². The van der Waals surface area contributed by atoms with Crippen LogP contribution in [0.1, 0.15) is 38.2 Å². The third-order valence-electron chi connectivity index (χ3n) is 4.88. The topological polar surface area (TPSA) is 23.5 Å². The molecule has 1 aromatic carbocycles. The molecule has 0 amide bonds. The van der Waals surface area contributed by atoms with Gasteiger partial charge in [0.15, 0.2) is 0 Å². The number of nitrogens with zero attached hydrogens (tertiary/aromatic N) is 1. The summed E-state index contributed by atoms with van der Waals surface area (Å²) in [6.45, 7) is 4.48. The minimum atomic E-state index is -0.666. The Kier molecular flexibility index (Phi) is 4.27. The molecule has 0 bridgehead atoms. The maximum Gasteiger partial charge on any atom is 0.0877 e. The first kappa shape index (κ1) is 14.6. The Bertz CT molecular complexity index is 534. The van der Waals surface area contributed by atoms with Crippen molar-refractivity contribution in [2.75, 3.05) is 13.1 Å². The standard InChI is InChI=1S/C19H25NO/c1-16-6-5-14-20(16)15-13-19(21)11-9-18(10-12-19)17-7-3-2-4-8-17/h2-4,7-11,16,21H,5-6,12-15H2,1H3/t16-,19?/m1/s1. The Hall–Kier alpha value is -1.38. The summed E-state index contributed by atoms with van der Waals surface area (Å²) in [5.74, 6) is 0. The highest BCUT2D eigenvalue weighted by Gasteiger charge is 2.28. The van der Waals surface area contributed by atoms with E-state index in [1.165, 1.54) is 30.5 Å². The first-order valence-corrected chi connectivity index (χ1v) is 8.08. The van der Waals surface area contributed by atoms with Crippen molar-refractivity contribution in [3.8, 4) is 0 Å². The van der Waals surface area contributed by atoms with Gasteiger partial charge in [0.1, 0.15) is 0 Å². The predicted octanol–water partition coefficient (Wildman–Crippen LogP) is 3.64. The number of benzene rings is 1. The van der Waals surface area contributed by atoms with Gasteiger partial charge < -0.3 is 10.0 Å². The molecule has 1 aliphatic carbocycles. The third kappa shape index (κ3) is 3.45. The van der Waals surface area contributed by atoms with Crippen LogP contribution in [0.5, 0.6) is 0 Å². The summed E-state index contributed by atoms with van der Waals surface area (Å²) in [4.78, 5) is 2.50. The predicted molar refractivity (Wildman–Crippen MR) is 88.0 cm³/mol. The molecule has 0 aromatic heterocycles. The molecule has 1 N–H and O–H groups in total. The van der Waals surface area contributed by atoms with Crippen LogP contribution in [0.4, 0.5) is 0 Å². The number of likely N-dealkylation sites (tertiary alicyclic amines) is 1. The molecular weight excluding hydrogens is 258 g/mol. The Morgan fingerprint density at radius 3 is 2.71 bits per heavy atom. The van der Waals surface area contributed by atoms with Crippen LogP contribution in [-0.4, -0.2) is 34.7 Å². The highest BCUT2D eigenvalue weighted by atomic mass is 16.3. The second-order valence-corrected chi connectivity index (χ2v) is 6.44. The van der Waals surface area contributed by atoms with Gasteiger partial charge in [0.2, 0.25) is 0 Å². The van der Waals surface area contributed by atoms with Crippen molar-refractivity contribution in [1.82, 2.24) is 4.90 Å². The fourth-order valence-corrected chi connectivity index (χ4v) is 3.36. The van der Waals surface area contributed by atoms with Crippen LogP contribution >= 0.6 is 0 Å². The van der Waals surface area contributed by atoms with Crippen molar-refractivity contribution in [2.45, 2.75) is 44.2 Å². The van der Waals surface area contributed by atoms with E-state index in [1.54, 1.807) is 0 Å². The van der Waals surface area contributed by atoms with Gasteiger partial charge in [-0.15, -0.1) is 0 Å². The molecule has 1 fully saturated rings. The smallest absolute Gasteiger partial charge is 0.0877 e. The minimum Gasteiger partial charge on any atom is -0.385 e. The number of rotatable bonds is 4. The van der Waals surface area contributed by atoms with Crippen LogP contribution in [0.2, 0.25) is 0 Å². The van der Waals surface area contributed by atoms with Crippen molar-refractivity contribution < 1.29 is 5.11 Å².